The average molecular weight is 427 g/mol. The third kappa shape index (κ3) is 5.77. The molecular weight excluding hydrogens is 400 g/mol. The van der Waals surface area contributed by atoms with Crippen molar-refractivity contribution >= 4 is 21.5 Å². The first-order chi connectivity index (χ1) is 14.4. The molecule has 8 heteroatoms. The Morgan fingerprint density at radius 1 is 1.07 bits per heavy atom. The summed E-state index contributed by atoms with van der Waals surface area (Å²) in [7, 11) is -1.78. The van der Waals surface area contributed by atoms with Crippen LogP contribution in [0.1, 0.15) is 25.8 Å². The van der Waals surface area contributed by atoms with Crippen molar-refractivity contribution in [2.75, 3.05) is 12.4 Å². The van der Waals surface area contributed by atoms with E-state index in [0.717, 1.165) is 29.1 Å². The molecule has 30 heavy (non-hydrogen) atoms. The molecule has 2 N–H and O–H groups in total. The molecule has 0 radical (unpaired) electrons. The van der Waals surface area contributed by atoms with Crippen molar-refractivity contribution in [3.8, 4) is 17.0 Å². The van der Waals surface area contributed by atoms with Crippen LogP contribution in [0.4, 0.5) is 11.5 Å². The second-order valence-corrected chi connectivity index (χ2v) is 8.75. The lowest BCUT2D eigenvalue weighted by atomic mass is 10.1. The van der Waals surface area contributed by atoms with E-state index in [9.17, 15) is 8.42 Å². The molecule has 158 valence electrons. The lowest BCUT2D eigenvalue weighted by molar-refractivity contribution is 0.416. The molecule has 1 aromatic heterocycles. The molecule has 0 fully saturated rings. The topological polar surface area (TPSA) is 93.2 Å². The molecular formula is C22H26N4O3S. The van der Waals surface area contributed by atoms with Gasteiger partial charge >= 0.3 is 0 Å². The summed E-state index contributed by atoms with van der Waals surface area (Å²) in [5.74, 6) is 1.25. The third-order valence-electron chi connectivity index (χ3n) is 4.60. The van der Waals surface area contributed by atoms with Crippen molar-refractivity contribution < 1.29 is 13.2 Å². The predicted octanol–water partition coefficient (Wildman–Crippen LogP) is 4.11. The highest BCUT2D eigenvalue weighted by molar-refractivity contribution is 7.88. The highest BCUT2D eigenvalue weighted by Gasteiger charge is 2.15. The largest absolute Gasteiger partial charge is 0.496 e. The van der Waals surface area contributed by atoms with Crippen LogP contribution in [-0.4, -0.2) is 31.5 Å². The first-order valence-electron chi connectivity index (χ1n) is 9.71. The number of sulfonamides is 1. The van der Waals surface area contributed by atoms with Crippen molar-refractivity contribution in [1.82, 2.24) is 14.7 Å². The van der Waals surface area contributed by atoms with Gasteiger partial charge in [0, 0.05) is 23.4 Å². The second kappa shape index (κ2) is 9.69. The van der Waals surface area contributed by atoms with Crippen molar-refractivity contribution in [2.45, 2.75) is 32.1 Å². The van der Waals surface area contributed by atoms with E-state index >= 15 is 0 Å². The summed E-state index contributed by atoms with van der Waals surface area (Å²) in [6.45, 7) is 3.79. The maximum atomic E-state index is 12.3. The zero-order chi connectivity index (χ0) is 21.6. The van der Waals surface area contributed by atoms with Crippen LogP contribution in [-0.2, 0) is 15.8 Å². The molecule has 0 amide bonds. The van der Waals surface area contributed by atoms with Crippen molar-refractivity contribution in [2.24, 2.45) is 0 Å². The first-order valence-corrected chi connectivity index (χ1v) is 11.4. The quantitative estimate of drug-likeness (QED) is 0.535. The molecule has 1 atom stereocenters. The minimum atomic E-state index is -3.40. The Morgan fingerprint density at radius 2 is 1.87 bits per heavy atom. The predicted molar refractivity (Wildman–Crippen MR) is 119 cm³/mol. The van der Waals surface area contributed by atoms with Crippen LogP contribution in [0.3, 0.4) is 0 Å². The molecule has 0 saturated carbocycles. The van der Waals surface area contributed by atoms with Gasteiger partial charge in [-0.3, -0.25) is 0 Å². The van der Waals surface area contributed by atoms with E-state index in [1.54, 1.807) is 19.2 Å². The third-order valence-corrected chi connectivity index (χ3v) is 6.07. The van der Waals surface area contributed by atoms with Crippen LogP contribution in [0.2, 0.25) is 0 Å². The maximum Gasteiger partial charge on any atom is 0.216 e. The fourth-order valence-corrected chi connectivity index (χ4v) is 4.45. The minimum absolute atomic E-state index is 0.0803. The molecule has 1 unspecified atom stereocenters. The van der Waals surface area contributed by atoms with E-state index in [1.807, 2.05) is 56.3 Å². The van der Waals surface area contributed by atoms with Crippen molar-refractivity contribution in [3.63, 3.8) is 0 Å². The van der Waals surface area contributed by atoms with Gasteiger partial charge < -0.3 is 10.1 Å². The number of nitrogens with one attached hydrogen (secondary N) is 2. The fraction of sp³-hybridized carbons (Fsp3) is 0.273. The molecule has 3 aromatic rings. The van der Waals surface area contributed by atoms with E-state index in [0.29, 0.717) is 11.4 Å². The standard InChI is InChI=1S/C22H26N4O3S/c1-4-16(2)26-30(27,28)14-17-8-7-9-18(12-17)25-22-13-20(23-15-24-22)19-10-5-6-11-21(19)29-3/h5-13,15-16,26H,4,14H2,1-3H3,(H,23,24,25). The van der Waals surface area contributed by atoms with Crippen molar-refractivity contribution in [3.05, 3.63) is 66.5 Å². The number of ether oxygens (including phenoxy) is 1. The Hall–Kier alpha value is -2.97. The van der Waals surface area contributed by atoms with E-state index in [-0.39, 0.29) is 11.8 Å². The van der Waals surface area contributed by atoms with E-state index < -0.39 is 10.0 Å². The van der Waals surface area contributed by atoms with Gasteiger partial charge in [0.25, 0.3) is 0 Å². The summed E-state index contributed by atoms with van der Waals surface area (Å²) in [5, 5.41) is 3.22. The normalized spacial score (nSPS) is 12.4. The number of hydrogen-bond donors (Lipinski definition) is 2. The summed E-state index contributed by atoms with van der Waals surface area (Å²) in [6.07, 6.45) is 2.22. The highest BCUT2D eigenvalue weighted by Crippen LogP contribution is 2.29. The van der Waals surface area contributed by atoms with Gasteiger partial charge in [-0.15, -0.1) is 0 Å². The van der Waals surface area contributed by atoms with Gasteiger partial charge in [0.1, 0.15) is 17.9 Å². The summed E-state index contributed by atoms with van der Waals surface area (Å²) < 4.78 is 32.8. The van der Waals surface area contributed by atoms with E-state index in [2.05, 4.69) is 20.0 Å². The average Bonchev–Trinajstić information content (AvgIpc) is 2.73. The zero-order valence-corrected chi connectivity index (χ0v) is 18.1. The van der Waals surface area contributed by atoms with Gasteiger partial charge in [0.05, 0.1) is 18.6 Å². The van der Waals surface area contributed by atoms with Gasteiger partial charge in [-0.1, -0.05) is 31.2 Å². The Kier molecular flexibility index (Phi) is 7.02. The molecule has 0 spiro atoms. The van der Waals surface area contributed by atoms with Crippen molar-refractivity contribution in [1.29, 1.82) is 0 Å². The van der Waals surface area contributed by atoms with Gasteiger partial charge in [-0.05, 0) is 43.2 Å². The smallest absolute Gasteiger partial charge is 0.216 e. The highest BCUT2D eigenvalue weighted by atomic mass is 32.2. The number of methoxy groups -OCH3 is 1. The molecule has 3 rings (SSSR count). The summed E-state index contributed by atoms with van der Waals surface area (Å²) in [5.41, 5.74) is 3.02. The minimum Gasteiger partial charge on any atom is -0.496 e. The molecule has 0 saturated heterocycles. The van der Waals surface area contributed by atoms with Gasteiger partial charge in [-0.25, -0.2) is 23.1 Å². The lowest BCUT2D eigenvalue weighted by Crippen LogP contribution is -2.32. The van der Waals surface area contributed by atoms with E-state index in [1.165, 1.54) is 6.33 Å². The van der Waals surface area contributed by atoms with Crippen LogP contribution in [0.5, 0.6) is 5.75 Å². The van der Waals surface area contributed by atoms with E-state index in [4.69, 9.17) is 4.74 Å². The lowest BCUT2D eigenvalue weighted by Gasteiger charge is -2.13. The maximum absolute atomic E-state index is 12.3. The molecule has 0 aliphatic carbocycles. The number of benzene rings is 2. The zero-order valence-electron chi connectivity index (χ0n) is 17.3. The van der Waals surface area contributed by atoms with Crippen LogP contribution in [0.25, 0.3) is 11.3 Å². The summed E-state index contributed by atoms with van der Waals surface area (Å²) in [4.78, 5) is 8.62. The number of nitrogens with zero attached hydrogens (tertiary/aromatic N) is 2. The number of para-hydroxylation sites is 1. The Labute approximate surface area is 177 Å². The Morgan fingerprint density at radius 3 is 2.63 bits per heavy atom. The Bertz CT molecular complexity index is 1100. The number of anilines is 2. The SMILES string of the molecule is CCC(C)NS(=O)(=O)Cc1cccc(Nc2cc(-c3ccccc3OC)ncn2)c1. The number of aromatic nitrogens is 2. The molecule has 1 heterocycles. The number of rotatable bonds is 9. The van der Waals surface area contributed by atoms with Crippen LogP contribution in [0, 0.1) is 0 Å². The number of hydrogen-bond acceptors (Lipinski definition) is 6. The summed E-state index contributed by atoms with van der Waals surface area (Å²) >= 11 is 0. The molecule has 7 nitrogen and oxygen atoms in total. The van der Waals surface area contributed by atoms with Crippen LogP contribution >= 0.6 is 0 Å². The molecule has 2 aromatic carbocycles. The molecule has 0 bridgehead atoms. The molecule has 0 aliphatic rings. The van der Waals surface area contributed by atoms with Gasteiger partial charge in [0.15, 0.2) is 0 Å². The fourth-order valence-electron chi connectivity index (χ4n) is 2.97. The second-order valence-electron chi connectivity index (χ2n) is 7.00. The molecule has 0 aliphatic heterocycles. The summed E-state index contributed by atoms with van der Waals surface area (Å²) in [6, 6.07) is 16.6. The van der Waals surface area contributed by atoms with Gasteiger partial charge in [-0.2, -0.15) is 0 Å². The van der Waals surface area contributed by atoms with Crippen LogP contribution in [0.15, 0.2) is 60.9 Å². The Balaban J connectivity index is 1.78. The van der Waals surface area contributed by atoms with Gasteiger partial charge in [0.2, 0.25) is 10.0 Å². The first kappa shape index (κ1) is 21.7. The monoisotopic (exact) mass is 426 g/mol. The van der Waals surface area contributed by atoms with Crippen LogP contribution < -0.4 is 14.8 Å².